The molecule has 2 atom stereocenters. The van der Waals surface area contributed by atoms with Gasteiger partial charge < -0.3 is 25.4 Å². The van der Waals surface area contributed by atoms with Crippen molar-refractivity contribution in [1.29, 1.82) is 0 Å². The van der Waals surface area contributed by atoms with E-state index in [1.807, 2.05) is 66.7 Å². The molecule has 3 amide bonds. The molecule has 232 valence electrons. The number of ether oxygens (including phenoxy) is 1. The van der Waals surface area contributed by atoms with E-state index in [2.05, 4.69) is 17.2 Å². The molecule has 5 rings (SSSR count). The van der Waals surface area contributed by atoms with Crippen LogP contribution in [0.5, 0.6) is 5.75 Å². The second-order valence-electron chi connectivity index (χ2n) is 12.4. The van der Waals surface area contributed by atoms with Gasteiger partial charge in [0.05, 0.1) is 0 Å². The van der Waals surface area contributed by atoms with Crippen LogP contribution in [0.25, 0.3) is 16.8 Å². The highest BCUT2D eigenvalue weighted by Gasteiger charge is 2.44. The van der Waals surface area contributed by atoms with E-state index in [-0.39, 0.29) is 24.1 Å². The Hall–Kier alpha value is -5.11. The summed E-state index contributed by atoms with van der Waals surface area (Å²) in [5, 5.41) is 17.7. The average molecular weight is 606 g/mol. The summed E-state index contributed by atoms with van der Waals surface area (Å²) in [7, 11) is 0. The van der Waals surface area contributed by atoms with E-state index in [0.29, 0.717) is 11.3 Å². The van der Waals surface area contributed by atoms with E-state index >= 15 is 0 Å². The van der Waals surface area contributed by atoms with Crippen molar-refractivity contribution in [3.63, 3.8) is 0 Å². The van der Waals surface area contributed by atoms with Gasteiger partial charge in [-0.15, -0.1) is 0 Å². The van der Waals surface area contributed by atoms with E-state index in [1.54, 1.807) is 43.9 Å². The van der Waals surface area contributed by atoms with Crippen molar-refractivity contribution < 1.29 is 24.2 Å². The highest BCUT2D eigenvalue weighted by Crippen LogP contribution is 2.37. The molecule has 2 unspecified atom stereocenters. The Balaban J connectivity index is 1.52. The Morgan fingerprint density at radius 3 is 2.33 bits per heavy atom. The third-order valence-corrected chi connectivity index (χ3v) is 7.57. The maximum atomic E-state index is 14.6. The van der Waals surface area contributed by atoms with Gasteiger partial charge in [0.1, 0.15) is 23.4 Å². The van der Waals surface area contributed by atoms with Crippen molar-refractivity contribution in [1.82, 2.24) is 10.2 Å². The number of carbonyl (C=O) groups excluding carboxylic acids is 3. The monoisotopic (exact) mass is 605 g/mol. The molecule has 0 radical (unpaired) electrons. The quantitative estimate of drug-likeness (QED) is 0.181. The zero-order valence-corrected chi connectivity index (χ0v) is 25.8. The lowest BCUT2D eigenvalue weighted by Gasteiger charge is -2.35. The number of nitrogens with zero attached hydrogens (tertiary/aromatic N) is 1. The molecular formula is C37H39N3O5. The first kappa shape index (κ1) is 31.3. The summed E-state index contributed by atoms with van der Waals surface area (Å²) in [6.07, 6.45) is 2.55. The topological polar surface area (TPSA) is 108 Å². The number of carbonyl (C=O) groups is 3. The van der Waals surface area contributed by atoms with Gasteiger partial charge >= 0.3 is 6.09 Å². The van der Waals surface area contributed by atoms with E-state index in [0.717, 1.165) is 34.7 Å². The second-order valence-corrected chi connectivity index (χ2v) is 12.4. The maximum Gasteiger partial charge on any atom is 0.408 e. The van der Waals surface area contributed by atoms with Gasteiger partial charge in [-0.05, 0) is 91.4 Å². The lowest BCUT2D eigenvalue weighted by atomic mass is 9.98. The van der Waals surface area contributed by atoms with Crippen LogP contribution in [-0.2, 0) is 20.7 Å². The van der Waals surface area contributed by atoms with E-state index in [9.17, 15) is 19.5 Å². The number of anilines is 1. The molecule has 1 aliphatic rings. The second kappa shape index (κ2) is 13.3. The molecule has 8 heteroatoms. The molecule has 1 fully saturated rings. The van der Waals surface area contributed by atoms with Crippen LogP contribution >= 0.6 is 0 Å². The molecule has 0 saturated heterocycles. The van der Waals surface area contributed by atoms with Crippen LogP contribution in [0.3, 0.4) is 0 Å². The van der Waals surface area contributed by atoms with Crippen molar-refractivity contribution in [2.24, 2.45) is 0 Å². The molecule has 4 aromatic rings. The minimum atomic E-state index is -1.04. The maximum absolute atomic E-state index is 14.6. The fraction of sp³-hybridized carbons (Fsp3) is 0.270. The van der Waals surface area contributed by atoms with Gasteiger partial charge in [0, 0.05) is 18.2 Å². The van der Waals surface area contributed by atoms with Gasteiger partial charge in [0.15, 0.2) is 0 Å². The highest BCUT2D eigenvalue weighted by molar-refractivity contribution is 6.00. The Kier molecular flexibility index (Phi) is 9.23. The number of phenolic OH excluding ortho intramolecular Hbond substituents is 1. The zero-order valence-electron chi connectivity index (χ0n) is 25.8. The van der Waals surface area contributed by atoms with Crippen molar-refractivity contribution >= 4 is 40.4 Å². The molecule has 0 heterocycles. The molecule has 3 N–H and O–H groups in total. The standard InChI is InChI=1S/C37H39N3O5/c1-5-24-9-8-12-28(21-24)33(34(42)38-29-16-15-26-10-6-7-11-27(26)23-29)40(30-17-18-30)35(43)32(39-36(44)45-37(2,3)4)22-25-13-19-31(41)20-14-25/h5-16,19-21,23,30,32-33,41H,1,17-18,22H2,2-4H3,(H,38,42)(H,39,44). The van der Waals surface area contributed by atoms with Crippen molar-refractivity contribution in [2.45, 2.75) is 63.8 Å². The van der Waals surface area contributed by atoms with Crippen molar-refractivity contribution in [3.05, 3.63) is 114 Å². The van der Waals surface area contributed by atoms with Crippen molar-refractivity contribution in [3.8, 4) is 5.75 Å². The van der Waals surface area contributed by atoms with Gasteiger partial charge in [-0.25, -0.2) is 4.79 Å². The van der Waals surface area contributed by atoms with Gasteiger partial charge in [-0.1, -0.05) is 73.3 Å². The Morgan fingerprint density at radius 1 is 0.956 bits per heavy atom. The summed E-state index contributed by atoms with van der Waals surface area (Å²) in [5.41, 5.74) is 2.00. The number of hydrogen-bond acceptors (Lipinski definition) is 5. The van der Waals surface area contributed by atoms with Gasteiger partial charge in [0.25, 0.3) is 5.91 Å². The number of nitrogens with one attached hydrogen (secondary N) is 2. The molecule has 0 aromatic heterocycles. The lowest BCUT2D eigenvalue weighted by molar-refractivity contribution is -0.141. The van der Waals surface area contributed by atoms with E-state index in [1.165, 1.54) is 12.1 Å². The minimum absolute atomic E-state index is 0.0915. The number of alkyl carbamates (subject to hydrolysis) is 1. The van der Waals surface area contributed by atoms with Gasteiger partial charge in [0.2, 0.25) is 5.91 Å². The van der Waals surface area contributed by atoms with Crippen LogP contribution in [0.15, 0.2) is 97.6 Å². The van der Waals surface area contributed by atoms with E-state index < -0.39 is 29.7 Å². The van der Waals surface area contributed by atoms with Crippen LogP contribution in [0.1, 0.15) is 56.3 Å². The highest BCUT2D eigenvalue weighted by atomic mass is 16.6. The summed E-state index contributed by atoms with van der Waals surface area (Å²) in [6, 6.07) is 25.2. The number of amides is 3. The van der Waals surface area contributed by atoms with Crippen LogP contribution in [0.4, 0.5) is 10.5 Å². The smallest absolute Gasteiger partial charge is 0.408 e. The molecule has 0 aliphatic heterocycles. The minimum Gasteiger partial charge on any atom is -0.508 e. The van der Waals surface area contributed by atoms with Crippen molar-refractivity contribution in [2.75, 3.05) is 5.32 Å². The summed E-state index contributed by atoms with van der Waals surface area (Å²) >= 11 is 0. The Morgan fingerprint density at radius 2 is 1.67 bits per heavy atom. The molecule has 4 aromatic carbocycles. The largest absolute Gasteiger partial charge is 0.508 e. The first-order valence-corrected chi connectivity index (χ1v) is 15.1. The molecular weight excluding hydrogens is 566 g/mol. The van der Waals surface area contributed by atoms with Gasteiger partial charge in [-0.3, -0.25) is 9.59 Å². The van der Waals surface area contributed by atoms with E-state index in [4.69, 9.17) is 4.74 Å². The fourth-order valence-electron chi connectivity index (χ4n) is 5.34. The molecule has 0 spiro atoms. The molecule has 1 aliphatic carbocycles. The first-order valence-electron chi connectivity index (χ1n) is 15.1. The number of fused-ring (bicyclic) bond motifs is 1. The van der Waals surface area contributed by atoms with Crippen LogP contribution in [0, 0.1) is 0 Å². The summed E-state index contributed by atoms with van der Waals surface area (Å²) < 4.78 is 5.52. The number of aromatic hydroxyl groups is 1. The number of rotatable bonds is 10. The number of benzene rings is 4. The fourth-order valence-corrected chi connectivity index (χ4v) is 5.34. The molecule has 0 bridgehead atoms. The first-order chi connectivity index (χ1) is 21.5. The van der Waals surface area contributed by atoms with Crippen LogP contribution in [0.2, 0.25) is 0 Å². The summed E-state index contributed by atoms with van der Waals surface area (Å²) in [5.74, 6) is -0.680. The number of phenols is 1. The lowest BCUT2D eigenvalue weighted by Crippen LogP contribution is -2.54. The summed E-state index contributed by atoms with van der Waals surface area (Å²) in [4.78, 5) is 43.5. The third kappa shape index (κ3) is 8.09. The third-order valence-electron chi connectivity index (χ3n) is 7.57. The molecule has 8 nitrogen and oxygen atoms in total. The van der Waals surface area contributed by atoms with Crippen LogP contribution < -0.4 is 10.6 Å². The SMILES string of the molecule is C=Cc1cccc(C(C(=O)Nc2ccc3ccccc3c2)N(C(=O)C(Cc2ccc(O)cc2)NC(=O)OC(C)(C)C)C2CC2)c1. The average Bonchev–Trinajstić information content (AvgIpc) is 3.84. The predicted octanol–water partition coefficient (Wildman–Crippen LogP) is 7.00. The number of hydrogen-bond donors (Lipinski definition) is 3. The Labute approximate surface area is 263 Å². The molecule has 45 heavy (non-hydrogen) atoms. The van der Waals surface area contributed by atoms with Crippen LogP contribution in [-0.4, -0.2) is 45.6 Å². The molecule has 1 saturated carbocycles. The normalized spacial score (nSPS) is 14.2. The van der Waals surface area contributed by atoms with Gasteiger partial charge in [-0.2, -0.15) is 0 Å². The zero-order chi connectivity index (χ0) is 32.1. The Bertz CT molecular complexity index is 1710. The predicted molar refractivity (Wildman–Crippen MR) is 177 cm³/mol. The summed E-state index contributed by atoms with van der Waals surface area (Å²) in [6.45, 7) is 9.13.